The van der Waals surface area contributed by atoms with Crippen LogP contribution in [-0.4, -0.2) is 54.7 Å². The fourth-order valence-electron chi connectivity index (χ4n) is 2.78. The third-order valence-electron chi connectivity index (χ3n) is 4.45. The molecular weight excluding hydrogens is 234 g/mol. The molecule has 2 heterocycles. The number of nitrogens with zero attached hydrogens (tertiary/aromatic N) is 2. The molecule has 0 aromatic rings. The fourth-order valence-corrected chi connectivity index (χ4v) is 2.78. The molecule has 0 amide bonds. The van der Waals surface area contributed by atoms with E-state index < -0.39 is 0 Å². The molecule has 0 spiro atoms. The van der Waals surface area contributed by atoms with Gasteiger partial charge in [-0.3, -0.25) is 4.90 Å². The molecule has 2 saturated heterocycles. The van der Waals surface area contributed by atoms with Crippen LogP contribution in [0.3, 0.4) is 0 Å². The van der Waals surface area contributed by atoms with E-state index in [0.717, 1.165) is 18.8 Å². The average Bonchev–Trinajstić information content (AvgIpc) is 2.49. The lowest BCUT2D eigenvalue weighted by Gasteiger charge is -2.32. The largest absolute Gasteiger partial charge is 0.304 e. The van der Waals surface area contributed by atoms with Crippen LogP contribution in [0.5, 0.6) is 0 Å². The minimum absolute atomic E-state index is 0.757. The van der Waals surface area contributed by atoms with Crippen LogP contribution in [-0.2, 0) is 0 Å². The molecule has 2 fully saturated rings. The number of likely N-dealkylation sites (tertiary alicyclic amines) is 1. The molecular formula is C16H35N3. The minimum Gasteiger partial charge on any atom is -0.304 e. The lowest BCUT2D eigenvalue weighted by Crippen LogP contribution is -2.45. The van der Waals surface area contributed by atoms with Crippen molar-refractivity contribution in [1.82, 2.24) is 15.1 Å². The maximum absolute atomic E-state index is 3.38. The zero-order valence-corrected chi connectivity index (χ0v) is 13.6. The van der Waals surface area contributed by atoms with Gasteiger partial charge in [-0.25, -0.2) is 0 Å². The summed E-state index contributed by atoms with van der Waals surface area (Å²) in [5.74, 6) is 0. The maximum atomic E-state index is 3.38. The van der Waals surface area contributed by atoms with Gasteiger partial charge < -0.3 is 10.2 Å². The predicted octanol–water partition coefficient (Wildman–Crippen LogP) is 2.92. The van der Waals surface area contributed by atoms with Crippen molar-refractivity contribution >= 4 is 0 Å². The Kier molecular flexibility index (Phi) is 8.67. The first-order chi connectivity index (χ1) is 9.15. The molecule has 19 heavy (non-hydrogen) atoms. The topological polar surface area (TPSA) is 18.5 Å². The molecule has 1 atom stereocenters. The Bertz CT molecular complexity index is 206. The highest BCUT2D eigenvalue weighted by Crippen LogP contribution is 2.10. The van der Waals surface area contributed by atoms with Gasteiger partial charge in [0.15, 0.2) is 0 Å². The molecule has 0 aromatic heterocycles. The van der Waals surface area contributed by atoms with Crippen molar-refractivity contribution in [2.24, 2.45) is 0 Å². The summed E-state index contributed by atoms with van der Waals surface area (Å²) in [6.07, 6.45) is 6.85. The standard InChI is InChI=1S/C8H18N2.C8H17N/c1-3-8(2)10-6-4-5-9-7-10;1-8(2)9-6-4-3-5-7-9/h8-9H,3-7H2,1-2H3;8H,3-7H2,1-2H3. The van der Waals surface area contributed by atoms with Gasteiger partial charge in [-0.15, -0.1) is 0 Å². The zero-order chi connectivity index (χ0) is 14.1. The zero-order valence-electron chi connectivity index (χ0n) is 13.6. The number of rotatable bonds is 3. The Morgan fingerprint density at radius 2 is 1.53 bits per heavy atom. The van der Waals surface area contributed by atoms with Gasteiger partial charge in [0.1, 0.15) is 0 Å². The van der Waals surface area contributed by atoms with Crippen molar-refractivity contribution in [3.63, 3.8) is 0 Å². The summed E-state index contributed by atoms with van der Waals surface area (Å²) in [6, 6.07) is 1.53. The molecule has 0 aromatic carbocycles. The first kappa shape index (κ1) is 16.9. The van der Waals surface area contributed by atoms with Crippen molar-refractivity contribution < 1.29 is 0 Å². The van der Waals surface area contributed by atoms with E-state index in [0.29, 0.717) is 0 Å². The highest BCUT2D eigenvalue weighted by atomic mass is 15.3. The second-order valence-corrected chi connectivity index (χ2v) is 6.27. The van der Waals surface area contributed by atoms with Crippen LogP contribution in [0.15, 0.2) is 0 Å². The Morgan fingerprint density at radius 1 is 0.895 bits per heavy atom. The summed E-state index contributed by atoms with van der Waals surface area (Å²) in [5, 5.41) is 3.38. The molecule has 3 nitrogen and oxygen atoms in total. The third kappa shape index (κ3) is 6.73. The first-order valence-corrected chi connectivity index (χ1v) is 8.34. The highest BCUT2D eigenvalue weighted by molar-refractivity contribution is 4.69. The van der Waals surface area contributed by atoms with Gasteiger partial charge in [-0.1, -0.05) is 13.3 Å². The second kappa shape index (κ2) is 9.73. The molecule has 0 radical (unpaired) electrons. The Balaban J connectivity index is 0.000000191. The molecule has 1 unspecified atom stereocenters. The summed E-state index contributed by atoms with van der Waals surface area (Å²) < 4.78 is 0. The monoisotopic (exact) mass is 269 g/mol. The van der Waals surface area contributed by atoms with Crippen molar-refractivity contribution in [2.45, 2.75) is 71.9 Å². The normalized spacial score (nSPS) is 23.8. The van der Waals surface area contributed by atoms with E-state index in [4.69, 9.17) is 0 Å². The maximum Gasteiger partial charge on any atom is 0.0483 e. The third-order valence-corrected chi connectivity index (χ3v) is 4.45. The van der Waals surface area contributed by atoms with E-state index >= 15 is 0 Å². The second-order valence-electron chi connectivity index (χ2n) is 6.27. The van der Waals surface area contributed by atoms with Crippen LogP contribution in [0.4, 0.5) is 0 Å². The van der Waals surface area contributed by atoms with E-state index in [-0.39, 0.29) is 0 Å². The van der Waals surface area contributed by atoms with Gasteiger partial charge in [-0.05, 0) is 66.1 Å². The molecule has 1 N–H and O–H groups in total. The summed E-state index contributed by atoms with van der Waals surface area (Å²) in [7, 11) is 0. The number of hydrogen-bond donors (Lipinski definition) is 1. The van der Waals surface area contributed by atoms with Gasteiger partial charge in [0, 0.05) is 25.3 Å². The molecule has 2 aliphatic rings. The molecule has 0 bridgehead atoms. The van der Waals surface area contributed by atoms with Crippen LogP contribution in [0.25, 0.3) is 0 Å². The lowest BCUT2D eigenvalue weighted by atomic mass is 10.1. The number of nitrogens with one attached hydrogen (secondary N) is 1. The number of piperidine rings is 1. The van der Waals surface area contributed by atoms with Crippen LogP contribution in [0, 0.1) is 0 Å². The predicted molar refractivity (Wildman–Crippen MR) is 84.5 cm³/mol. The molecule has 0 aliphatic carbocycles. The van der Waals surface area contributed by atoms with E-state index in [1.807, 2.05) is 0 Å². The van der Waals surface area contributed by atoms with E-state index in [2.05, 4.69) is 42.8 Å². The van der Waals surface area contributed by atoms with Gasteiger partial charge in [0.05, 0.1) is 0 Å². The van der Waals surface area contributed by atoms with Crippen LogP contribution in [0.1, 0.15) is 59.8 Å². The smallest absolute Gasteiger partial charge is 0.0483 e. The van der Waals surface area contributed by atoms with Gasteiger partial charge in [-0.2, -0.15) is 0 Å². The lowest BCUT2D eigenvalue weighted by molar-refractivity contribution is 0.159. The van der Waals surface area contributed by atoms with Crippen LogP contribution >= 0.6 is 0 Å². The van der Waals surface area contributed by atoms with Gasteiger partial charge >= 0.3 is 0 Å². The Morgan fingerprint density at radius 3 is 1.95 bits per heavy atom. The van der Waals surface area contributed by atoms with Crippen LogP contribution < -0.4 is 5.32 Å². The summed E-state index contributed by atoms with van der Waals surface area (Å²) in [5.41, 5.74) is 0. The fraction of sp³-hybridized carbons (Fsp3) is 1.00. The van der Waals surface area contributed by atoms with Crippen LogP contribution in [0.2, 0.25) is 0 Å². The van der Waals surface area contributed by atoms with Crippen molar-refractivity contribution in [3.05, 3.63) is 0 Å². The average molecular weight is 269 g/mol. The Hall–Kier alpha value is -0.120. The SMILES string of the molecule is CC(C)N1CCCCC1.CCC(C)N1CCCNC1. The molecule has 114 valence electrons. The summed E-state index contributed by atoms with van der Waals surface area (Å²) in [4.78, 5) is 5.06. The van der Waals surface area contributed by atoms with Crippen molar-refractivity contribution in [3.8, 4) is 0 Å². The van der Waals surface area contributed by atoms with Gasteiger partial charge in [0.25, 0.3) is 0 Å². The molecule has 2 aliphatic heterocycles. The Labute approximate surface area is 120 Å². The van der Waals surface area contributed by atoms with E-state index in [1.165, 1.54) is 58.3 Å². The minimum atomic E-state index is 0.757. The first-order valence-electron chi connectivity index (χ1n) is 8.34. The summed E-state index contributed by atoms with van der Waals surface area (Å²) in [6.45, 7) is 15.3. The molecule has 3 heteroatoms. The van der Waals surface area contributed by atoms with Gasteiger partial charge in [0.2, 0.25) is 0 Å². The number of hydrogen-bond acceptors (Lipinski definition) is 3. The van der Waals surface area contributed by atoms with E-state index in [1.54, 1.807) is 0 Å². The highest BCUT2D eigenvalue weighted by Gasteiger charge is 2.13. The quantitative estimate of drug-likeness (QED) is 0.850. The van der Waals surface area contributed by atoms with E-state index in [9.17, 15) is 0 Å². The molecule has 2 rings (SSSR count). The summed E-state index contributed by atoms with van der Waals surface area (Å²) >= 11 is 0. The molecule has 0 saturated carbocycles. The van der Waals surface area contributed by atoms with Crippen molar-refractivity contribution in [1.29, 1.82) is 0 Å². The van der Waals surface area contributed by atoms with Crippen molar-refractivity contribution in [2.75, 3.05) is 32.8 Å².